The molecule has 124 valence electrons. The van der Waals surface area contributed by atoms with Gasteiger partial charge in [-0.1, -0.05) is 18.2 Å². The lowest BCUT2D eigenvalue weighted by atomic mass is 10.2. The number of aromatic nitrogens is 2. The van der Waals surface area contributed by atoms with Crippen LogP contribution in [0.1, 0.15) is 5.89 Å². The summed E-state index contributed by atoms with van der Waals surface area (Å²) in [5, 5.41) is 8.17. The van der Waals surface area contributed by atoms with E-state index in [1.807, 2.05) is 54.6 Å². The molecular formula is C18H18N2O3S. The van der Waals surface area contributed by atoms with Crippen LogP contribution in [0.3, 0.4) is 0 Å². The van der Waals surface area contributed by atoms with Crippen LogP contribution in [0, 0.1) is 0 Å². The second kappa shape index (κ2) is 8.40. The van der Waals surface area contributed by atoms with Crippen molar-refractivity contribution in [1.29, 1.82) is 0 Å². The second-order valence-electron chi connectivity index (χ2n) is 4.94. The molecule has 0 amide bonds. The predicted molar refractivity (Wildman–Crippen MR) is 94.4 cm³/mol. The van der Waals surface area contributed by atoms with Gasteiger partial charge in [-0.3, -0.25) is 0 Å². The molecule has 0 N–H and O–H groups in total. The van der Waals surface area contributed by atoms with Crippen LogP contribution in [0.25, 0.3) is 11.5 Å². The molecule has 0 saturated heterocycles. The standard InChI is InChI=1S/C18H18N2O3S/c1-21-15-9-7-14(8-10-15)18-20-19-17(23-18)13-24-12-11-22-16-5-3-2-4-6-16/h2-10H,11-13H2,1H3. The number of benzene rings is 2. The van der Waals surface area contributed by atoms with Crippen LogP contribution < -0.4 is 9.47 Å². The van der Waals surface area contributed by atoms with Crippen molar-refractivity contribution in [1.82, 2.24) is 10.2 Å². The zero-order chi connectivity index (χ0) is 16.6. The topological polar surface area (TPSA) is 57.4 Å². The molecule has 0 saturated carbocycles. The van der Waals surface area contributed by atoms with Crippen LogP contribution in [0.2, 0.25) is 0 Å². The van der Waals surface area contributed by atoms with Crippen LogP contribution in [-0.4, -0.2) is 29.7 Å². The van der Waals surface area contributed by atoms with E-state index in [4.69, 9.17) is 13.9 Å². The Morgan fingerprint density at radius 1 is 0.958 bits per heavy atom. The van der Waals surface area contributed by atoms with Gasteiger partial charge in [0, 0.05) is 11.3 Å². The fourth-order valence-corrected chi connectivity index (χ4v) is 2.69. The Kier molecular flexibility index (Phi) is 5.74. The predicted octanol–water partition coefficient (Wildman–Crippen LogP) is 4.06. The lowest BCUT2D eigenvalue weighted by molar-refractivity contribution is 0.344. The third-order valence-corrected chi connectivity index (χ3v) is 4.18. The fraction of sp³-hybridized carbons (Fsp3) is 0.222. The van der Waals surface area contributed by atoms with E-state index in [0.717, 1.165) is 22.8 Å². The van der Waals surface area contributed by atoms with Crippen molar-refractivity contribution in [2.45, 2.75) is 5.75 Å². The van der Waals surface area contributed by atoms with E-state index in [9.17, 15) is 0 Å². The van der Waals surface area contributed by atoms with Crippen LogP contribution >= 0.6 is 11.8 Å². The molecule has 0 unspecified atom stereocenters. The molecule has 6 heteroatoms. The van der Waals surface area contributed by atoms with Gasteiger partial charge in [0.05, 0.1) is 19.5 Å². The average Bonchev–Trinajstić information content (AvgIpc) is 3.11. The maximum absolute atomic E-state index is 5.68. The van der Waals surface area contributed by atoms with E-state index >= 15 is 0 Å². The van der Waals surface area contributed by atoms with Crippen LogP contribution in [-0.2, 0) is 5.75 Å². The Morgan fingerprint density at radius 2 is 1.75 bits per heavy atom. The van der Waals surface area contributed by atoms with Gasteiger partial charge in [0.25, 0.3) is 0 Å². The molecule has 2 aromatic carbocycles. The molecule has 1 aromatic heterocycles. The Morgan fingerprint density at radius 3 is 2.50 bits per heavy atom. The van der Waals surface area contributed by atoms with Crippen LogP contribution in [0.4, 0.5) is 0 Å². The summed E-state index contributed by atoms with van der Waals surface area (Å²) < 4.78 is 16.5. The first-order valence-electron chi connectivity index (χ1n) is 7.57. The van der Waals surface area contributed by atoms with Crippen molar-refractivity contribution in [3.63, 3.8) is 0 Å². The molecule has 0 aliphatic carbocycles. The zero-order valence-corrected chi connectivity index (χ0v) is 14.2. The van der Waals surface area contributed by atoms with Gasteiger partial charge in [0.2, 0.25) is 11.8 Å². The maximum atomic E-state index is 5.68. The summed E-state index contributed by atoms with van der Waals surface area (Å²) in [6.07, 6.45) is 0. The summed E-state index contributed by atoms with van der Waals surface area (Å²) in [6.45, 7) is 0.647. The molecule has 0 atom stereocenters. The highest BCUT2D eigenvalue weighted by Crippen LogP contribution is 2.22. The molecule has 24 heavy (non-hydrogen) atoms. The normalized spacial score (nSPS) is 10.5. The van der Waals surface area contributed by atoms with Gasteiger partial charge in [-0.15, -0.1) is 22.0 Å². The smallest absolute Gasteiger partial charge is 0.247 e. The fourth-order valence-electron chi connectivity index (χ4n) is 2.06. The number of thioether (sulfide) groups is 1. The van der Waals surface area contributed by atoms with Gasteiger partial charge in [-0.05, 0) is 36.4 Å². The highest BCUT2D eigenvalue weighted by Gasteiger charge is 2.08. The minimum atomic E-state index is 0.522. The van der Waals surface area contributed by atoms with E-state index in [2.05, 4.69) is 10.2 Å². The summed E-state index contributed by atoms with van der Waals surface area (Å²) in [5.74, 6) is 4.35. The molecule has 0 spiro atoms. The van der Waals surface area contributed by atoms with Crippen LogP contribution in [0.5, 0.6) is 11.5 Å². The van der Waals surface area contributed by atoms with E-state index in [-0.39, 0.29) is 0 Å². The Labute approximate surface area is 145 Å². The summed E-state index contributed by atoms with van der Waals surface area (Å²) in [7, 11) is 1.64. The quantitative estimate of drug-likeness (QED) is 0.576. The molecule has 1 heterocycles. The number of para-hydroxylation sites is 1. The monoisotopic (exact) mass is 342 g/mol. The van der Waals surface area contributed by atoms with Gasteiger partial charge >= 0.3 is 0 Å². The number of hydrogen-bond donors (Lipinski definition) is 0. The van der Waals surface area contributed by atoms with Crippen molar-refractivity contribution in [3.05, 3.63) is 60.5 Å². The van der Waals surface area contributed by atoms with Gasteiger partial charge in [-0.25, -0.2) is 0 Å². The first kappa shape index (κ1) is 16.4. The lowest BCUT2D eigenvalue weighted by Gasteiger charge is -2.04. The Bertz CT molecular complexity index is 744. The lowest BCUT2D eigenvalue weighted by Crippen LogP contribution is -2.00. The number of nitrogens with zero attached hydrogens (tertiary/aromatic N) is 2. The van der Waals surface area contributed by atoms with E-state index in [1.165, 1.54) is 0 Å². The summed E-state index contributed by atoms with van der Waals surface area (Å²) >= 11 is 1.70. The SMILES string of the molecule is COc1ccc(-c2nnc(CSCCOc3ccccc3)o2)cc1. The molecule has 0 aliphatic heterocycles. The van der Waals surface area contributed by atoms with Gasteiger partial charge in [0.1, 0.15) is 11.5 Å². The molecule has 0 radical (unpaired) electrons. The summed E-state index contributed by atoms with van der Waals surface area (Å²) in [6, 6.07) is 17.3. The molecule has 3 aromatic rings. The highest BCUT2D eigenvalue weighted by atomic mass is 32.2. The molecule has 0 bridgehead atoms. The molecule has 0 fully saturated rings. The minimum absolute atomic E-state index is 0.522. The maximum Gasteiger partial charge on any atom is 0.247 e. The minimum Gasteiger partial charge on any atom is -0.497 e. The largest absolute Gasteiger partial charge is 0.497 e. The van der Waals surface area contributed by atoms with Crippen molar-refractivity contribution in [2.75, 3.05) is 19.5 Å². The highest BCUT2D eigenvalue weighted by molar-refractivity contribution is 7.98. The Balaban J connectivity index is 1.44. The van der Waals surface area contributed by atoms with Crippen molar-refractivity contribution >= 4 is 11.8 Å². The van der Waals surface area contributed by atoms with E-state index < -0.39 is 0 Å². The van der Waals surface area contributed by atoms with Crippen LogP contribution in [0.15, 0.2) is 59.0 Å². The first-order chi connectivity index (χ1) is 11.8. The second-order valence-corrected chi connectivity index (χ2v) is 6.05. The van der Waals surface area contributed by atoms with E-state index in [1.54, 1.807) is 18.9 Å². The summed E-state index contributed by atoms with van der Waals surface area (Å²) in [4.78, 5) is 0. The first-order valence-corrected chi connectivity index (χ1v) is 8.73. The number of hydrogen-bond acceptors (Lipinski definition) is 6. The van der Waals surface area contributed by atoms with Gasteiger partial charge in [0.15, 0.2) is 0 Å². The zero-order valence-electron chi connectivity index (χ0n) is 13.3. The van der Waals surface area contributed by atoms with Crippen molar-refractivity contribution in [3.8, 4) is 23.0 Å². The van der Waals surface area contributed by atoms with Crippen molar-refractivity contribution in [2.24, 2.45) is 0 Å². The summed E-state index contributed by atoms with van der Waals surface area (Å²) in [5.41, 5.74) is 0.881. The molecular weight excluding hydrogens is 324 g/mol. The third-order valence-electron chi connectivity index (χ3n) is 3.27. The number of ether oxygens (including phenoxy) is 2. The third kappa shape index (κ3) is 4.52. The molecule has 0 aliphatic rings. The molecule has 3 rings (SSSR count). The molecule has 5 nitrogen and oxygen atoms in total. The van der Waals surface area contributed by atoms with Gasteiger partial charge in [-0.2, -0.15) is 0 Å². The average molecular weight is 342 g/mol. The number of methoxy groups -OCH3 is 1. The number of rotatable bonds is 8. The van der Waals surface area contributed by atoms with E-state index in [0.29, 0.717) is 24.1 Å². The van der Waals surface area contributed by atoms with Crippen molar-refractivity contribution < 1.29 is 13.9 Å². The van der Waals surface area contributed by atoms with Gasteiger partial charge < -0.3 is 13.9 Å². The Hall–Kier alpha value is -2.47.